The quantitative estimate of drug-likeness (QED) is 0.744. The maximum Gasteiger partial charge on any atom is 0.207 e. The minimum Gasteiger partial charge on any atom is -0.345 e. The molecule has 0 aliphatic heterocycles. The van der Waals surface area contributed by atoms with Crippen molar-refractivity contribution in [1.29, 1.82) is 0 Å². The van der Waals surface area contributed by atoms with E-state index < -0.39 is 5.79 Å². The molecule has 0 aliphatic carbocycles. The van der Waals surface area contributed by atoms with Crippen molar-refractivity contribution in [2.24, 2.45) is 11.7 Å². The lowest BCUT2D eigenvalue weighted by Gasteiger charge is -2.32. The SMILES string of the molecule is CCOC(CN)(OCC)c1cc(C)nc(CC(C)C)c1. The molecule has 114 valence electrons. The van der Waals surface area contributed by atoms with Crippen molar-refractivity contribution in [1.82, 2.24) is 4.98 Å². The van der Waals surface area contributed by atoms with Crippen LogP contribution in [0, 0.1) is 12.8 Å². The Morgan fingerprint density at radius 2 is 1.80 bits per heavy atom. The van der Waals surface area contributed by atoms with Crippen molar-refractivity contribution < 1.29 is 9.47 Å². The van der Waals surface area contributed by atoms with Crippen molar-refractivity contribution in [3.8, 4) is 0 Å². The van der Waals surface area contributed by atoms with Crippen LogP contribution in [0.1, 0.15) is 44.6 Å². The monoisotopic (exact) mass is 280 g/mol. The van der Waals surface area contributed by atoms with E-state index in [4.69, 9.17) is 15.2 Å². The van der Waals surface area contributed by atoms with Crippen LogP contribution in [-0.2, 0) is 21.7 Å². The van der Waals surface area contributed by atoms with Gasteiger partial charge in [-0.25, -0.2) is 0 Å². The first kappa shape index (κ1) is 17.1. The van der Waals surface area contributed by atoms with E-state index >= 15 is 0 Å². The van der Waals surface area contributed by atoms with Gasteiger partial charge < -0.3 is 15.2 Å². The Morgan fingerprint density at radius 3 is 2.25 bits per heavy atom. The van der Waals surface area contributed by atoms with E-state index in [-0.39, 0.29) is 0 Å². The lowest BCUT2D eigenvalue weighted by atomic mass is 10.0. The number of aryl methyl sites for hydroxylation is 1. The molecule has 1 heterocycles. The molecule has 4 nitrogen and oxygen atoms in total. The van der Waals surface area contributed by atoms with Gasteiger partial charge in [-0.3, -0.25) is 4.98 Å². The maximum atomic E-state index is 5.94. The van der Waals surface area contributed by atoms with Crippen LogP contribution in [0.5, 0.6) is 0 Å². The Morgan fingerprint density at radius 1 is 1.20 bits per heavy atom. The van der Waals surface area contributed by atoms with Crippen LogP contribution >= 0.6 is 0 Å². The van der Waals surface area contributed by atoms with Crippen molar-refractivity contribution in [3.05, 3.63) is 29.1 Å². The van der Waals surface area contributed by atoms with Gasteiger partial charge in [-0.15, -0.1) is 0 Å². The Kier molecular flexibility index (Phi) is 6.59. The molecular formula is C16H28N2O2. The normalized spacial score (nSPS) is 12.2. The molecule has 0 aromatic carbocycles. The number of hydrogen-bond acceptors (Lipinski definition) is 4. The van der Waals surface area contributed by atoms with Crippen LogP contribution in [-0.4, -0.2) is 24.7 Å². The fourth-order valence-electron chi connectivity index (χ4n) is 2.39. The van der Waals surface area contributed by atoms with Crippen molar-refractivity contribution in [2.45, 2.75) is 46.8 Å². The molecule has 1 rings (SSSR count). The molecule has 0 spiro atoms. The third-order valence-corrected chi connectivity index (χ3v) is 3.09. The molecule has 0 fully saturated rings. The van der Waals surface area contributed by atoms with E-state index in [1.807, 2.05) is 26.8 Å². The van der Waals surface area contributed by atoms with E-state index in [0.29, 0.717) is 25.7 Å². The minimum absolute atomic E-state index is 0.291. The van der Waals surface area contributed by atoms with E-state index in [1.165, 1.54) is 0 Å². The summed E-state index contributed by atoms with van der Waals surface area (Å²) in [4.78, 5) is 4.59. The zero-order chi connectivity index (χ0) is 15.2. The summed E-state index contributed by atoms with van der Waals surface area (Å²) in [6.45, 7) is 11.7. The van der Waals surface area contributed by atoms with Crippen LogP contribution in [0.25, 0.3) is 0 Å². The number of pyridine rings is 1. The summed E-state index contributed by atoms with van der Waals surface area (Å²) in [6.07, 6.45) is 0.938. The molecule has 4 heteroatoms. The number of hydrogen-bond donors (Lipinski definition) is 1. The standard InChI is InChI=1S/C16H28N2O2/c1-6-19-16(11-17,20-7-2)14-9-13(5)18-15(10-14)8-12(3)4/h9-10,12H,6-8,11,17H2,1-5H3. The number of nitrogens with two attached hydrogens (primary N) is 1. The Balaban J connectivity index is 3.21. The van der Waals surface area contributed by atoms with E-state index in [2.05, 4.69) is 24.9 Å². The van der Waals surface area contributed by atoms with Crippen molar-refractivity contribution in [3.63, 3.8) is 0 Å². The second kappa shape index (κ2) is 7.72. The highest BCUT2D eigenvalue weighted by Gasteiger charge is 2.33. The number of aromatic nitrogens is 1. The Bertz CT molecular complexity index is 413. The van der Waals surface area contributed by atoms with Crippen LogP contribution in [0.15, 0.2) is 12.1 Å². The molecule has 0 saturated heterocycles. The Labute approximate surface area is 122 Å². The summed E-state index contributed by atoms with van der Waals surface area (Å²) in [5.74, 6) is -0.299. The summed E-state index contributed by atoms with van der Waals surface area (Å²) in [5.41, 5.74) is 8.94. The molecule has 0 saturated carbocycles. The minimum atomic E-state index is -0.858. The zero-order valence-electron chi connectivity index (χ0n) is 13.4. The van der Waals surface area contributed by atoms with Gasteiger partial charge in [0, 0.05) is 30.2 Å². The van der Waals surface area contributed by atoms with Gasteiger partial charge in [0.2, 0.25) is 5.79 Å². The molecule has 0 aliphatic rings. The molecule has 2 N–H and O–H groups in total. The third kappa shape index (κ3) is 4.27. The molecule has 20 heavy (non-hydrogen) atoms. The second-order valence-electron chi connectivity index (χ2n) is 5.41. The average Bonchev–Trinajstić information content (AvgIpc) is 2.36. The maximum absolute atomic E-state index is 5.94. The number of rotatable bonds is 8. The van der Waals surface area contributed by atoms with Crippen LogP contribution in [0.2, 0.25) is 0 Å². The molecule has 0 radical (unpaired) electrons. The van der Waals surface area contributed by atoms with Gasteiger partial charge in [-0.2, -0.15) is 0 Å². The first-order valence-electron chi connectivity index (χ1n) is 7.43. The van der Waals surface area contributed by atoms with E-state index in [9.17, 15) is 0 Å². The summed E-state index contributed by atoms with van der Waals surface area (Å²) >= 11 is 0. The first-order chi connectivity index (χ1) is 9.47. The first-order valence-corrected chi connectivity index (χ1v) is 7.43. The number of nitrogens with zero attached hydrogens (tertiary/aromatic N) is 1. The van der Waals surface area contributed by atoms with Crippen LogP contribution < -0.4 is 5.73 Å². The van der Waals surface area contributed by atoms with Gasteiger partial charge in [0.1, 0.15) is 0 Å². The largest absolute Gasteiger partial charge is 0.345 e. The van der Waals surface area contributed by atoms with Gasteiger partial charge in [-0.1, -0.05) is 13.8 Å². The van der Waals surface area contributed by atoms with E-state index in [0.717, 1.165) is 23.4 Å². The molecule has 0 unspecified atom stereocenters. The summed E-state index contributed by atoms with van der Waals surface area (Å²) in [6, 6.07) is 4.06. The zero-order valence-corrected chi connectivity index (χ0v) is 13.4. The predicted octanol–water partition coefficient (Wildman–Crippen LogP) is 2.77. The molecule has 1 aromatic rings. The van der Waals surface area contributed by atoms with Crippen LogP contribution in [0.3, 0.4) is 0 Å². The topological polar surface area (TPSA) is 57.4 Å². The molecule has 0 atom stereocenters. The van der Waals surface area contributed by atoms with Gasteiger partial charge in [0.25, 0.3) is 0 Å². The highest BCUT2D eigenvalue weighted by molar-refractivity contribution is 5.26. The highest BCUT2D eigenvalue weighted by Crippen LogP contribution is 2.28. The smallest absolute Gasteiger partial charge is 0.207 e. The Hall–Kier alpha value is -0.970. The van der Waals surface area contributed by atoms with Crippen molar-refractivity contribution in [2.75, 3.05) is 19.8 Å². The fourth-order valence-corrected chi connectivity index (χ4v) is 2.39. The number of ether oxygens (including phenoxy) is 2. The molecule has 0 amide bonds. The van der Waals surface area contributed by atoms with Gasteiger partial charge >= 0.3 is 0 Å². The van der Waals surface area contributed by atoms with Crippen LogP contribution in [0.4, 0.5) is 0 Å². The predicted molar refractivity (Wildman–Crippen MR) is 81.5 cm³/mol. The van der Waals surface area contributed by atoms with Gasteiger partial charge in [0.15, 0.2) is 0 Å². The lowest BCUT2D eigenvalue weighted by Crippen LogP contribution is -2.41. The summed E-state index contributed by atoms with van der Waals surface area (Å²) in [5, 5.41) is 0. The van der Waals surface area contributed by atoms with Gasteiger partial charge in [0.05, 0.1) is 6.54 Å². The molecular weight excluding hydrogens is 252 g/mol. The summed E-state index contributed by atoms with van der Waals surface area (Å²) in [7, 11) is 0. The summed E-state index contributed by atoms with van der Waals surface area (Å²) < 4.78 is 11.7. The third-order valence-electron chi connectivity index (χ3n) is 3.09. The molecule has 1 aromatic heterocycles. The van der Waals surface area contributed by atoms with Gasteiger partial charge in [-0.05, 0) is 45.2 Å². The second-order valence-corrected chi connectivity index (χ2v) is 5.41. The van der Waals surface area contributed by atoms with E-state index in [1.54, 1.807) is 0 Å². The fraction of sp³-hybridized carbons (Fsp3) is 0.688. The lowest BCUT2D eigenvalue weighted by molar-refractivity contribution is -0.235. The van der Waals surface area contributed by atoms with Crippen molar-refractivity contribution >= 4 is 0 Å². The highest BCUT2D eigenvalue weighted by atomic mass is 16.7. The average molecular weight is 280 g/mol. The molecule has 0 bridgehead atoms.